The van der Waals surface area contributed by atoms with Crippen molar-refractivity contribution >= 4 is 12.0 Å². The third-order valence-electron chi connectivity index (χ3n) is 10.4. The Morgan fingerprint density at radius 1 is 0.745 bits per heavy atom. The molecule has 1 aromatic carbocycles. The van der Waals surface area contributed by atoms with Crippen molar-refractivity contribution in [2.24, 2.45) is 0 Å². The fraction of sp³-hybridized carbons (Fsp3) is 0.750. The number of piperidine rings is 1. The van der Waals surface area contributed by atoms with Crippen molar-refractivity contribution in [3.05, 3.63) is 59.7 Å². The van der Waals surface area contributed by atoms with Gasteiger partial charge in [-0.1, -0.05) is 114 Å². The smallest absolute Gasteiger partial charge is 0.410 e. The highest BCUT2D eigenvalue weighted by atomic mass is 16.6. The molecule has 0 spiro atoms. The highest BCUT2D eigenvalue weighted by Crippen LogP contribution is 2.29. The van der Waals surface area contributed by atoms with Gasteiger partial charge < -0.3 is 24.4 Å². The minimum atomic E-state index is -0.499. The molecule has 2 amide bonds. The number of likely N-dealkylation sites (tertiary alicyclic amines) is 1. The second-order valence-electron chi connectivity index (χ2n) is 16.7. The molecule has 1 unspecified atom stereocenters. The van der Waals surface area contributed by atoms with E-state index < -0.39 is 5.60 Å². The van der Waals surface area contributed by atoms with E-state index in [-0.39, 0.29) is 18.1 Å². The molecule has 1 aromatic rings. The Hall–Kier alpha value is -2.64. The molecule has 314 valence electrons. The highest BCUT2D eigenvalue weighted by molar-refractivity contribution is 5.94. The normalized spacial score (nSPS) is 14.6. The number of rotatable bonds is 31. The van der Waals surface area contributed by atoms with E-state index in [1.807, 2.05) is 39.0 Å². The maximum atomic E-state index is 13.4. The summed E-state index contributed by atoms with van der Waals surface area (Å²) in [6.07, 6.45) is 35.4. The average Bonchev–Trinajstić information content (AvgIpc) is 3.17. The maximum absolute atomic E-state index is 13.4. The van der Waals surface area contributed by atoms with E-state index in [2.05, 4.69) is 49.5 Å². The lowest BCUT2D eigenvalue weighted by atomic mass is 9.88. The predicted octanol–water partition coefficient (Wildman–Crippen LogP) is 12.9. The van der Waals surface area contributed by atoms with Gasteiger partial charge in [0.25, 0.3) is 5.91 Å². The van der Waals surface area contributed by atoms with E-state index in [1.54, 1.807) is 4.90 Å². The van der Waals surface area contributed by atoms with Crippen LogP contribution >= 0.6 is 0 Å². The van der Waals surface area contributed by atoms with Crippen molar-refractivity contribution in [2.45, 2.75) is 193 Å². The molecule has 0 aromatic heterocycles. The van der Waals surface area contributed by atoms with Crippen molar-refractivity contribution in [2.75, 3.05) is 39.5 Å². The summed E-state index contributed by atoms with van der Waals surface area (Å²) >= 11 is 0. The van der Waals surface area contributed by atoms with Gasteiger partial charge >= 0.3 is 6.09 Å². The van der Waals surface area contributed by atoms with Gasteiger partial charge in [0.15, 0.2) is 0 Å². The van der Waals surface area contributed by atoms with Gasteiger partial charge in [-0.15, -0.1) is 0 Å². The Morgan fingerprint density at radius 3 is 1.84 bits per heavy atom. The monoisotopic (exact) mass is 767 g/mol. The number of carbonyl (C=O) groups excluding carboxylic acids is 2. The zero-order valence-corrected chi connectivity index (χ0v) is 36.1. The number of nitrogens with zero attached hydrogens (tertiary/aromatic N) is 1. The first-order valence-electron chi connectivity index (χ1n) is 22.6. The standard InChI is InChI=1S/C48H82N2O5/c1-6-8-10-12-14-16-18-20-22-24-26-28-37-53-41-45(54-38-29-27-25-23-21-19-17-15-13-11-9-7-2)40-49-46(51)44-32-30-31-43(39-44)42-33-35-50(36-34-42)47(52)55-48(3,4)5/h14-17,30-32,39,42,45H,6-13,18-29,33-38,40-41H2,1-5H3,(H,49,51)/b16-14-,17-15-. The Bertz CT molecular complexity index is 1170. The Balaban J connectivity index is 1.75. The molecule has 1 N–H and O–H groups in total. The molecular formula is C48H82N2O5. The number of hydrogen-bond donors (Lipinski definition) is 1. The van der Waals surface area contributed by atoms with Gasteiger partial charge in [0.05, 0.1) is 12.7 Å². The molecule has 7 heteroatoms. The molecule has 1 aliphatic heterocycles. The lowest BCUT2D eigenvalue weighted by Gasteiger charge is -2.33. The third-order valence-corrected chi connectivity index (χ3v) is 10.4. The molecule has 1 saturated heterocycles. The molecule has 7 nitrogen and oxygen atoms in total. The minimum absolute atomic E-state index is 0.0862. The number of ether oxygens (including phenoxy) is 3. The zero-order valence-electron chi connectivity index (χ0n) is 36.1. The second-order valence-corrected chi connectivity index (χ2v) is 16.7. The number of allylic oxidation sites excluding steroid dienone is 4. The van der Waals surface area contributed by atoms with E-state index >= 15 is 0 Å². The van der Waals surface area contributed by atoms with Gasteiger partial charge in [0.2, 0.25) is 0 Å². The Labute approximate surface area is 337 Å². The molecule has 1 atom stereocenters. The lowest BCUT2D eigenvalue weighted by molar-refractivity contribution is -0.0170. The largest absolute Gasteiger partial charge is 0.444 e. The van der Waals surface area contributed by atoms with E-state index in [0.717, 1.165) is 44.3 Å². The highest BCUT2D eigenvalue weighted by Gasteiger charge is 2.28. The fourth-order valence-corrected chi connectivity index (χ4v) is 6.98. The first-order valence-corrected chi connectivity index (χ1v) is 22.6. The summed E-state index contributed by atoms with van der Waals surface area (Å²) in [4.78, 5) is 27.7. The number of unbranched alkanes of at least 4 members (excludes halogenated alkanes) is 16. The first kappa shape index (κ1) is 48.5. The summed E-state index contributed by atoms with van der Waals surface area (Å²) in [5.74, 6) is 0.219. The molecule has 0 saturated carbocycles. The van der Waals surface area contributed by atoms with Crippen LogP contribution in [0.5, 0.6) is 0 Å². The number of hydrogen-bond acceptors (Lipinski definition) is 5. The van der Waals surface area contributed by atoms with Crippen molar-refractivity contribution in [1.29, 1.82) is 0 Å². The topological polar surface area (TPSA) is 77.1 Å². The van der Waals surface area contributed by atoms with Crippen molar-refractivity contribution in [1.82, 2.24) is 10.2 Å². The first-order chi connectivity index (χ1) is 26.7. The van der Waals surface area contributed by atoms with Crippen LogP contribution in [-0.4, -0.2) is 68.1 Å². The lowest BCUT2D eigenvalue weighted by Crippen LogP contribution is -2.41. The molecule has 0 aliphatic carbocycles. The van der Waals surface area contributed by atoms with Crippen LogP contribution in [-0.2, 0) is 14.2 Å². The molecule has 1 heterocycles. The molecule has 1 aliphatic rings. The predicted molar refractivity (Wildman–Crippen MR) is 231 cm³/mol. The summed E-state index contributed by atoms with van der Waals surface area (Å²) in [6, 6.07) is 7.97. The molecule has 2 rings (SSSR count). The van der Waals surface area contributed by atoms with Crippen LogP contribution in [0.1, 0.15) is 198 Å². The number of nitrogens with one attached hydrogen (secondary N) is 1. The minimum Gasteiger partial charge on any atom is -0.444 e. The maximum Gasteiger partial charge on any atom is 0.410 e. The van der Waals surface area contributed by atoms with Crippen molar-refractivity contribution < 1.29 is 23.8 Å². The molecule has 0 radical (unpaired) electrons. The van der Waals surface area contributed by atoms with E-state index in [4.69, 9.17) is 14.2 Å². The molecular weight excluding hydrogens is 685 g/mol. The quantitative estimate of drug-likeness (QED) is 0.0601. The van der Waals surface area contributed by atoms with Crippen molar-refractivity contribution in [3.63, 3.8) is 0 Å². The van der Waals surface area contributed by atoms with Gasteiger partial charge in [-0.05, 0) is 121 Å². The van der Waals surface area contributed by atoms with Gasteiger partial charge in [0, 0.05) is 38.4 Å². The number of amides is 2. The summed E-state index contributed by atoms with van der Waals surface area (Å²) in [6.45, 7) is 13.8. The van der Waals surface area contributed by atoms with E-state index in [9.17, 15) is 9.59 Å². The summed E-state index contributed by atoms with van der Waals surface area (Å²) in [5, 5.41) is 3.14. The molecule has 0 bridgehead atoms. The summed E-state index contributed by atoms with van der Waals surface area (Å²) in [5.41, 5.74) is 1.31. The number of benzene rings is 1. The van der Waals surface area contributed by atoms with Crippen LogP contribution in [0.3, 0.4) is 0 Å². The van der Waals surface area contributed by atoms with E-state index in [1.165, 1.54) is 109 Å². The van der Waals surface area contributed by atoms with Crippen LogP contribution in [0.25, 0.3) is 0 Å². The van der Waals surface area contributed by atoms with Gasteiger partial charge in [-0.3, -0.25) is 4.79 Å². The van der Waals surface area contributed by atoms with Gasteiger partial charge in [-0.25, -0.2) is 4.79 Å². The Morgan fingerprint density at radius 2 is 1.27 bits per heavy atom. The van der Waals surface area contributed by atoms with Crippen LogP contribution in [0.2, 0.25) is 0 Å². The van der Waals surface area contributed by atoms with Gasteiger partial charge in [0.1, 0.15) is 5.60 Å². The van der Waals surface area contributed by atoms with Crippen LogP contribution < -0.4 is 5.32 Å². The van der Waals surface area contributed by atoms with Gasteiger partial charge in [-0.2, -0.15) is 0 Å². The second kappa shape index (κ2) is 31.4. The zero-order chi connectivity index (χ0) is 39.8. The molecule has 55 heavy (non-hydrogen) atoms. The van der Waals surface area contributed by atoms with Crippen LogP contribution in [0.4, 0.5) is 4.79 Å². The molecule has 1 fully saturated rings. The number of carbonyl (C=O) groups is 2. The van der Waals surface area contributed by atoms with Crippen LogP contribution in [0, 0.1) is 0 Å². The average molecular weight is 767 g/mol. The van der Waals surface area contributed by atoms with E-state index in [0.29, 0.717) is 44.3 Å². The third kappa shape index (κ3) is 25.3. The summed E-state index contributed by atoms with van der Waals surface area (Å²) < 4.78 is 18.0. The SMILES string of the molecule is CCCCC/C=C\CCCCCCCOCC(CNC(=O)c1cccc(C2CCN(C(=O)OC(C)(C)C)CC2)c1)OCCCCCCC/C=C\CCCCC. The van der Waals surface area contributed by atoms with Crippen LogP contribution in [0.15, 0.2) is 48.6 Å². The fourth-order valence-electron chi connectivity index (χ4n) is 6.98. The Kier molecular flexibility index (Phi) is 27.7. The summed E-state index contributed by atoms with van der Waals surface area (Å²) in [7, 11) is 0. The van der Waals surface area contributed by atoms with Crippen molar-refractivity contribution in [3.8, 4) is 0 Å².